The van der Waals surface area contributed by atoms with Gasteiger partial charge in [-0.3, -0.25) is 4.79 Å². The third-order valence-electron chi connectivity index (χ3n) is 3.21. The van der Waals surface area contributed by atoms with Gasteiger partial charge < -0.3 is 4.57 Å². The van der Waals surface area contributed by atoms with Crippen LogP contribution in [0.4, 0.5) is 0 Å². The van der Waals surface area contributed by atoms with Gasteiger partial charge in [0.1, 0.15) is 0 Å². The van der Waals surface area contributed by atoms with Crippen molar-refractivity contribution in [3.8, 4) is 12.3 Å². The summed E-state index contributed by atoms with van der Waals surface area (Å²) in [5, 5.41) is 0.992. The molecule has 2 aromatic carbocycles. The van der Waals surface area contributed by atoms with Crippen LogP contribution in [-0.2, 0) is 6.54 Å². The fourth-order valence-electron chi connectivity index (χ4n) is 2.23. The van der Waals surface area contributed by atoms with Crippen molar-refractivity contribution >= 4 is 66.6 Å². The molecule has 0 spiro atoms. The minimum atomic E-state index is -0.351. The van der Waals surface area contributed by atoms with Crippen molar-refractivity contribution in [1.29, 1.82) is 0 Å². The second kappa shape index (κ2) is 7.12. The maximum atomic E-state index is 12.4. The van der Waals surface area contributed by atoms with Crippen LogP contribution in [0.2, 0.25) is 10.0 Å². The van der Waals surface area contributed by atoms with Crippen molar-refractivity contribution in [2.75, 3.05) is 0 Å². The molecular formula is C17H9BrCl2N2OS. The van der Waals surface area contributed by atoms with Gasteiger partial charge in [0.2, 0.25) is 0 Å². The van der Waals surface area contributed by atoms with Gasteiger partial charge in [-0.1, -0.05) is 62.5 Å². The summed E-state index contributed by atoms with van der Waals surface area (Å²) < 4.78 is 3.38. The van der Waals surface area contributed by atoms with Gasteiger partial charge in [0, 0.05) is 15.1 Å². The molecule has 0 aliphatic heterocycles. The number of nitrogens with zero attached hydrogens (tertiary/aromatic N) is 2. The first-order valence-corrected chi connectivity index (χ1v) is 9.12. The van der Waals surface area contributed by atoms with Crippen molar-refractivity contribution in [3.05, 3.63) is 61.3 Å². The topological polar surface area (TPSA) is 34.4 Å². The smallest absolute Gasteiger partial charge is 0.279 e. The lowest BCUT2D eigenvalue weighted by atomic mass is 10.2. The first kappa shape index (κ1) is 17.2. The molecule has 24 heavy (non-hydrogen) atoms. The summed E-state index contributed by atoms with van der Waals surface area (Å²) in [5.41, 5.74) is 1.21. The molecule has 0 atom stereocenters. The number of amides is 1. The Balaban J connectivity index is 2.22. The number of carbonyl (C=O) groups excluding carboxylic acids is 1. The van der Waals surface area contributed by atoms with Crippen LogP contribution in [0.3, 0.4) is 0 Å². The summed E-state index contributed by atoms with van der Waals surface area (Å²) in [6.45, 7) is 0.256. The molecule has 0 saturated carbocycles. The number of terminal acetylenes is 1. The highest BCUT2D eigenvalue weighted by molar-refractivity contribution is 9.10. The molecule has 120 valence electrons. The zero-order valence-electron chi connectivity index (χ0n) is 12.1. The van der Waals surface area contributed by atoms with Crippen molar-refractivity contribution in [1.82, 2.24) is 4.57 Å². The number of rotatable bonds is 2. The molecule has 0 unspecified atom stereocenters. The molecule has 0 N–H and O–H groups in total. The van der Waals surface area contributed by atoms with Crippen LogP contribution in [0.15, 0.2) is 45.9 Å². The Bertz CT molecular complexity index is 1060. The van der Waals surface area contributed by atoms with Crippen LogP contribution in [0, 0.1) is 12.3 Å². The SMILES string of the molecule is C#CCn1c(=NC(=O)c2cccc(Br)c2)sc2cc(Cl)cc(Cl)c21. The molecule has 0 bridgehead atoms. The van der Waals surface area contributed by atoms with E-state index in [9.17, 15) is 4.79 Å². The fourth-order valence-corrected chi connectivity index (χ4v) is 4.43. The lowest BCUT2D eigenvalue weighted by molar-refractivity contribution is 0.0998. The molecule has 3 aromatic rings. The molecule has 3 rings (SSSR count). The summed E-state index contributed by atoms with van der Waals surface area (Å²) in [6, 6.07) is 10.5. The van der Waals surface area contributed by atoms with Crippen LogP contribution in [0.5, 0.6) is 0 Å². The summed E-state index contributed by atoms with van der Waals surface area (Å²) >= 11 is 17.0. The van der Waals surface area contributed by atoms with Gasteiger partial charge in [-0.15, -0.1) is 6.42 Å². The van der Waals surface area contributed by atoms with E-state index in [0.717, 1.165) is 14.7 Å². The first-order valence-electron chi connectivity index (χ1n) is 6.76. The average Bonchev–Trinajstić information content (AvgIpc) is 2.85. The highest BCUT2D eigenvalue weighted by Crippen LogP contribution is 2.29. The van der Waals surface area contributed by atoms with Gasteiger partial charge in [0.15, 0.2) is 4.80 Å². The van der Waals surface area contributed by atoms with Gasteiger partial charge in [-0.2, -0.15) is 4.99 Å². The first-order chi connectivity index (χ1) is 11.5. The fraction of sp³-hybridized carbons (Fsp3) is 0.0588. The maximum absolute atomic E-state index is 12.4. The highest BCUT2D eigenvalue weighted by atomic mass is 79.9. The van der Waals surface area contributed by atoms with E-state index in [1.807, 2.05) is 6.07 Å². The Kier molecular flexibility index (Phi) is 5.12. The number of hydrogen-bond acceptors (Lipinski definition) is 2. The van der Waals surface area contributed by atoms with Crippen molar-refractivity contribution < 1.29 is 4.79 Å². The van der Waals surface area contributed by atoms with E-state index in [1.165, 1.54) is 11.3 Å². The third kappa shape index (κ3) is 3.42. The molecule has 0 aliphatic carbocycles. The highest BCUT2D eigenvalue weighted by Gasteiger charge is 2.12. The molecule has 7 heteroatoms. The average molecular weight is 440 g/mol. The summed E-state index contributed by atoms with van der Waals surface area (Å²) in [5.74, 6) is 2.21. The van der Waals surface area contributed by atoms with E-state index in [2.05, 4.69) is 26.8 Å². The quantitative estimate of drug-likeness (QED) is 0.508. The summed E-state index contributed by atoms with van der Waals surface area (Å²) in [7, 11) is 0. The Morgan fingerprint density at radius 3 is 2.83 bits per heavy atom. The Labute approximate surface area is 160 Å². The van der Waals surface area contributed by atoms with E-state index in [4.69, 9.17) is 29.6 Å². The Morgan fingerprint density at radius 2 is 2.12 bits per heavy atom. The zero-order chi connectivity index (χ0) is 17.3. The van der Waals surface area contributed by atoms with E-state index >= 15 is 0 Å². The number of benzene rings is 2. The number of thiazole rings is 1. The lowest BCUT2D eigenvalue weighted by Gasteiger charge is -2.02. The molecule has 0 aliphatic rings. The third-order valence-corrected chi connectivity index (χ3v) is 5.24. The summed E-state index contributed by atoms with van der Waals surface area (Å²) in [6.07, 6.45) is 5.45. The molecular weight excluding hydrogens is 431 g/mol. The normalized spacial score (nSPS) is 11.7. The molecule has 0 saturated heterocycles. The summed E-state index contributed by atoms with van der Waals surface area (Å²) in [4.78, 5) is 17.2. The predicted molar refractivity (Wildman–Crippen MR) is 103 cm³/mol. The van der Waals surface area contributed by atoms with Gasteiger partial charge in [0.25, 0.3) is 5.91 Å². The van der Waals surface area contributed by atoms with E-state index in [0.29, 0.717) is 20.4 Å². The minimum absolute atomic E-state index is 0.256. The second-order valence-electron chi connectivity index (χ2n) is 4.84. The Hall–Kier alpha value is -1.58. The number of halogens is 3. The van der Waals surface area contributed by atoms with Crippen LogP contribution in [0.25, 0.3) is 10.2 Å². The van der Waals surface area contributed by atoms with Crippen LogP contribution >= 0.6 is 50.5 Å². The van der Waals surface area contributed by atoms with Gasteiger partial charge >= 0.3 is 0 Å². The molecule has 1 amide bonds. The minimum Gasteiger partial charge on any atom is -0.303 e. The lowest BCUT2D eigenvalue weighted by Crippen LogP contribution is -2.16. The van der Waals surface area contributed by atoms with Gasteiger partial charge in [-0.25, -0.2) is 0 Å². The molecule has 0 radical (unpaired) electrons. The number of hydrogen-bond donors (Lipinski definition) is 0. The largest absolute Gasteiger partial charge is 0.303 e. The molecule has 0 fully saturated rings. The van der Waals surface area contributed by atoms with Crippen molar-refractivity contribution in [3.63, 3.8) is 0 Å². The van der Waals surface area contributed by atoms with Crippen molar-refractivity contribution in [2.45, 2.75) is 6.54 Å². The number of aromatic nitrogens is 1. The zero-order valence-corrected chi connectivity index (χ0v) is 16.0. The van der Waals surface area contributed by atoms with Crippen LogP contribution in [-0.4, -0.2) is 10.5 Å². The standard InChI is InChI=1S/C17H9BrCl2N2OS/c1-2-6-22-15-13(20)8-12(19)9-14(15)24-17(22)21-16(23)10-4-3-5-11(18)7-10/h1,3-5,7-9H,6H2. The molecule has 3 nitrogen and oxygen atoms in total. The molecule has 1 heterocycles. The Morgan fingerprint density at radius 1 is 1.33 bits per heavy atom. The predicted octanol–water partition coefficient (Wildman–Crippen LogP) is 5.15. The van der Waals surface area contributed by atoms with Gasteiger partial charge in [0.05, 0.1) is 21.8 Å². The number of fused-ring (bicyclic) bond motifs is 1. The number of carbonyl (C=O) groups is 1. The van der Waals surface area contributed by atoms with E-state index < -0.39 is 0 Å². The van der Waals surface area contributed by atoms with E-state index in [-0.39, 0.29) is 12.5 Å². The van der Waals surface area contributed by atoms with Crippen LogP contribution in [0.1, 0.15) is 10.4 Å². The molecule has 1 aromatic heterocycles. The van der Waals surface area contributed by atoms with Gasteiger partial charge in [-0.05, 0) is 30.3 Å². The van der Waals surface area contributed by atoms with E-state index in [1.54, 1.807) is 34.9 Å². The van der Waals surface area contributed by atoms with Crippen molar-refractivity contribution in [2.24, 2.45) is 4.99 Å². The maximum Gasteiger partial charge on any atom is 0.279 e. The second-order valence-corrected chi connectivity index (χ2v) is 7.60. The monoisotopic (exact) mass is 438 g/mol. The van der Waals surface area contributed by atoms with Crippen LogP contribution < -0.4 is 4.80 Å².